The average molecular weight is 327 g/mol. The fourth-order valence-electron chi connectivity index (χ4n) is 2.10. The van der Waals surface area contributed by atoms with E-state index in [1.807, 2.05) is 13.8 Å². The van der Waals surface area contributed by atoms with Gasteiger partial charge in [-0.1, -0.05) is 0 Å². The summed E-state index contributed by atoms with van der Waals surface area (Å²) in [6, 6.07) is 9.64. The maximum atomic E-state index is 13.0. The highest BCUT2D eigenvalue weighted by atomic mass is 32.1. The van der Waals surface area contributed by atoms with Gasteiger partial charge in [-0.2, -0.15) is 0 Å². The van der Waals surface area contributed by atoms with Crippen molar-refractivity contribution >= 4 is 22.4 Å². The predicted octanol–water partition coefficient (Wildman–Crippen LogP) is 4.21. The normalized spacial score (nSPS) is 10.6. The van der Waals surface area contributed by atoms with Gasteiger partial charge in [0.2, 0.25) is 0 Å². The fraction of sp³-hybridized carbons (Fsp3) is 0.118. The Hall–Kier alpha value is -2.60. The summed E-state index contributed by atoms with van der Waals surface area (Å²) in [6.45, 7) is 3.78. The molecule has 0 radical (unpaired) electrons. The second-order valence-corrected chi connectivity index (χ2v) is 6.28. The van der Waals surface area contributed by atoms with E-state index in [1.165, 1.54) is 29.7 Å². The summed E-state index contributed by atoms with van der Waals surface area (Å²) in [4.78, 5) is 21.7. The molecule has 2 heterocycles. The number of amides is 1. The van der Waals surface area contributed by atoms with Crippen molar-refractivity contribution in [3.8, 4) is 11.3 Å². The molecule has 2 aromatic heterocycles. The van der Waals surface area contributed by atoms with Gasteiger partial charge in [0.1, 0.15) is 5.82 Å². The monoisotopic (exact) mass is 327 g/mol. The van der Waals surface area contributed by atoms with Crippen LogP contribution >= 0.6 is 11.3 Å². The number of halogens is 1. The van der Waals surface area contributed by atoms with Crippen LogP contribution in [0, 0.1) is 19.7 Å². The molecule has 0 spiro atoms. The first-order chi connectivity index (χ1) is 11.0. The van der Waals surface area contributed by atoms with Crippen LogP contribution in [-0.4, -0.2) is 15.9 Å². The van der Waals surface area contributed by atoms with Gasteiger partial charge in [0.25, 0.3) is 5.91 Å². The molecule has 3 rings (SSSR count). The number of aryl methyl sites for hydroxylation is 2. The Morgan fingerprint density at radius 1 is 1.13 bits per heavy atom. The second kappa shape index (κ2) is 6.26. The molecule has 0 fully saturated rings. The van der Waals surface area contributed by atoms with E-state index in [0.717, 1.165) is 21.8 Å². The molecular weight excluding hydrogens is 313 g/mol. The Bertz CT molecular complexity index is 841. The first-order valence-corrected chi connectivity index (χ1v) is 7.82. The molecule has 116 valence electrons. The van der Waals surface area contributed by atoms with Crippen LogP contribution in [0.25, 0.3) is 11.3 Å². The second-order valence-electron chi connectivity index (χ2n) is 5.07. The van der Waals surface area contributed by atoms with Gasteiger partial charge >= 0.3 is 0 Å². The number of pyridine rings is 1. The van der Waals surface area contributed by atoms with E-state index in [2.05, 4.69) is 15.3 Å². The van der Waals surface area contributed by atoms with Crippen LogP contribution < -0.4 is 5.32 Å². The van der Waals surface area contributed by atoms with Gasteiger partial charge in [-0.15, -0.1) is 11.3 Å². The van der Waals surface area contributed by atoms with Gasteiger partial charge in [-0.25, -0.2) is 9.37 Å². The molecule has 1 aromatic carbocycles. The minimum atomic E-state index is -0.290. The molecule has 23 heavy (non-hydrogen) atoms. The van der Waals surface area contributed by atoms with E-state index in [-0.39, 0.29) is 11.7 Å². The molecule has 0 unspecified atom stereocenters. The van der Waals surface area contributed by atoms with Gasteiger partial charge in [-0.3, -0.25) is 15.1 Å². The molecule has 0 aliphatic rings. The molecular formula is C17H14FN3OS. The van der Waals surface area contributed by atoms with E-state index >= 15 is 0 Å². The topological polar surface area (TPSA) is 54.9 Å². The Balaban J connectivity index is 1.82. The highest BCUT2D eigenvalue weighted by molar-refractivity contribution is 7.16. The largest absolute Gasteiger partial charge is 0.298 e. The maximum absolute atomic E-state index is 13.0. The van der Waals surface area contributed by atoms with E-state index in [9.17, 15) is 9.18 Å². The Morgan fingerprint density at radius 3 is 2.52 bits per heavy atom. The number of benzene rings is 1. The molecule has 3 aromatic rings. The summed E-state index contributed by atoms with van der Waals surface area (Å²) in [5.74, 6) is -0.543. The molecule has 0 aliphatic carbocycles. The number of thiazole rings is 1. The number of hydrogen-bond donors (Lipinski definition) is 1. The zero-order valence-electron chi connectivity index (χ0n) is 12.6. The highest BCUT2D eigenvalue weighted by Gasteiger charge is 2.13. The van der Waals surface area contributed by atoms with Crippen molar-refractivity contribution < 1.29 is 9.18 Å². The third-order valence-corrected chi connectivity index (χ3v) is 4.19. The van der Waals surface area contributed by atoms with Crippen LogP contribution in [0.2, 0.25) is 0 Å². The summed E-state index contributed by atoms with van der Waals surface area (Å²) in [6.07, 6.45) is 1.53. The lowest BCUT2D eigenvalue weighted by Crippen LogP contribution is -2.12. The standard InChI is InChI=1S/C17H14FN3OS/c1-10-3-4-13(9-19-10)16(22)21-17-20-15(11(2)23-17)12-5-7-14(18)8-6-12/h3-9H,1-2H3,(H,20,21,22). The van der Waals surface area contributed by atoms with Crippen LogP contribution in [-0.2, 0) is 0 Å². The van der Waals surface area contributed by atoms with E-state index in [4.69, 9.17) is 0 Å². The van der Waals surface area contributed by atoms with E-state index < -0.39 is 0 Å². The smallest absolute Gasteiger partial charge is 0.259 e. The third-order valence-electron chi connectivity index (χ3n) is 3.31. The minimum Gasteiger partial charge on any atom is -0.298 e. The SMILES string of the molecule is Cc1ccc(C(=O)Nc2nc(-c3ccc(F)cc3)c(C)s2)cn1. The van der Waals surface area contributed by atoms with Gasteiger partial charge in [0.15, 0.2) is 5.13 Å². The van der Waals surface area contributed by atoms with Crippen LogP contribution in [0.15, 0.2) is 42.6 Å². The Morgan fingerprint density at radius 2 is 1.87 bits per heavy atom. The van der Waals surface area contributed by atoms with Crippen molar-refractivity contribution in [2.24, 2.45) is 0 Å². The summed E-state index contributed by atoms with van der Waals surface area (Å²) >= 11 is 1.38. The fourth-order valence-corrected chi connectivity index (χ4v) is 2.93. The van der Waals surface area contributed by atoms with Crippen LogP contribution in [0.3, 0.4) is 0 Å². The molecule has 0 bridgehead atoms. The molecule has 6 heteroatoms. The first kappa shape index (κ1) is 15.3. The van der Waals surface area contributed by atoms with Gasteiger partial charge in [0.05, 0.1) is 11.3 Å². The number of carbonyl (C=O) groups is 1. The maximum Gasteiger partial charge on any atom is 0.259 e. The van der Waals surface area contributed by atoms with Crippen molar-refractivity contribution in [2.45, 2.75) is 13.8 Å². The minimum absolute atomic E-state index is 0.253. The molecule has 0 saturated carbocycles. The highest BCUT2D eigenvalue weighted by Crippen LogP contribution is 2.30. The third kappa shape index (κ3) is 3.43. The average Bonchev–Trinajstić information content (AvgIpc) is 2.89. The van der Waals surface area contributed by atoms with Gasteiger partial charge in [0, 0.05) is 22.3 Å². The first-order valence-electron chi connectivity index (χ1n) is 7.00. The number of aromatic nitrogens is 2. The number of nitrogens with one attached hydrogen (secondary N) is 1. The Labute approximate surface area is 137 Å². The molecule has 0 saturated heterocycles. The lowest BCUT2D eigenvalue weighted by Gasteiger charge is -2.01. The number of hydrogen-bond acceptors (Lipinski definition) is 4. The molecule has 0 atom stereocenters. The zero-order valence-corrected chi connectivity index (χ0v) is 13.4. The van der Waals surface area contributed by atoms with Crippen molar-refractivity contribution in [2.75, 3.05) is 5.32 Å². The summed E-state index contributed by atoms with van der Waals surface area (Å²) in [5.41, 5.74) is 2.89. The van der Waals surface area contributed by atoms with Crippen molar-refractivity contribution in [3.63, 3.8) is 0 Å². The number of rotatable bonds is 3. The van der Waals surface area contributed by atoms with Gasteiger partial charge in [-0.05, 0) is 50.2 Å². The molecule has 0 aliphatic heterocycles. The van der Waals surface area contributed by atoms with Crippen molar-refractivity contribution in [1.29, 1.82) is 0 Å². The van der Waals surface area contributed by atoms with Crippen LogP contribution in [0.5, 0.6) is 0 Å². The number of carbonyl (C=O) groups excluding carboxylic acids is 1. The lowest BCUT2D eigenvalue weighted by atomic mass is 10.1. The van der Waals surface area contributed by atoms with Crippen molar-refractivity contribution in [3.05, 3.63) is 64.5 Å². The van der Waals surface area contributed by atoms with Crippen molar-refractivity contribution in [1.82, 2.24) is 9.97 Å². The zero-order chi connectivity index (χ0) is 16.4. The molecule has 1 N–H and O–H groups in total. The lowest BCUT2D eigenvalue weighted by molar-refractivity contribution is 0.102. The summed E-state index contributed by atoms with van der Waals surface area (Å²) < 4.78 is 13.0. The van der Waals surface area contributed by atoms with Gasteiger partial charge < -0.3 is 0 Å². The molecule has 1 amide bonds. The quantitative estimate of drug-likeness (QED) is 0.784. The Kier molecular flexibility index (Phi) is 4.16. The van der Waals surface area contributed by atoms with E-state index in [1.54, 1.807) is 24.3 Å². The molecule has 4 nitrogen and oxygen atoms in total. The van der Waals surface area contributed by atoms with Crippen LogP contribution in [0.4, 0.5) is 9.52 Å². The van der Waals surface area contributed by atoms with E-state index in [0.29, 0.717) is 10.7 Å². The predicted molar refractivity (Wildman–Crippen MR) is 89.2 cm³/mol. The number of nitrogens with zero attached hydrogens (tertiary/aromatic N) is 2. The van der Waals surface area contributed by atoms with Crippen LogP contribution in [0.1, 0.15) is 20.9 Å². The summed E-state index contributed by atoms with van der Waals surface area (Å²) in [7, 11) is 0. The summed E-state index contributed by atoms with van der Waals surface area (Å²) in [5, 5.41) is 3.28. The number of anilines is 1.